The molecule has 0 fully saturated rings. The first kappa shape index (κ1) is 15.0. The Balaban J connectivity index is 1.96. The maximum absolute atomic E-state index is 12.2. The first-order valence-electron chi connectivity index (χ1n) is 6.35. The van der Waals surface area contributed by atoms with Gasteiger partial charge in [0.25, 0.3) is 0 Å². The molecule has 0 aliphatic heterocycles. The summed E-state index contributed by atoms with van der Waals surface area (Å²) >= 11 is 0. The average molecular weight is 292 g/mol. The van der Waals surface area contributed by atoms with E-state index in [0.717, 1.165) is 5.56 Å². The van der Waals surface area contributed by atoms with Crippen molar-refractivity contribution in [3.63, 3.8) is 0 Å². The van der Waals surface area contributed by atoms with Crippen LogP contribution in [0.3, 0.4) is 0 Å². The molecule has 0 aliphatic carbocycles. The second-order valence-electron chi connectivity index (χ2n) is 4.43. The second-order valence-corrected chi connectivity index (χ2v) is 4.43. The lowest BCUT2D eigenvalue weighted by atomic mass is 10.1. The number of hydrogen-bond acceptors (Lipinski definition) is 4. The summed E-state index contributed by atoms with van der Waals surface area (Å²) in [6.07, 6.45) is 0. The molecule has 1 heterocycles. The smallest absolute Gasteiger partial charge is 0.387 e. The summed E-state index contributed by atoms with van der Waals surface area (Å²) in [5.74, 6) is 1.02. The number of alkyl halides is 2. The van der Waals surface area contributed by atoms with Crippen LogP contribution in [0.2, 0.25) is 0 Å². The van der Waals surface area contributed by atoms with Gasteiger partial charge in [-0.05, 0) is 36.8 Å². The maximum Gasteiger partial charge on any atom is 0.387 e. The van der Waals surface area contributed by atoms with E-state index in [1.165, 1.54) is 6.07 Å². The van der Waals surface area contributed by atoms with Gasteiger partial charge in [0.15, 0.2) is 0 Å². The van der Waals surface area contributed by atoms with Crippen molar-refractivity contribution in [2.75, 3.05) is 0 Å². The van der Waals surface area contributed by atoms with Crippen molar-refractivity contribution in [3.05, 3.63) is 53.5 Å². The molecule has 0 amide bonds. The molecule has 1 unspecified atom stereocenters. The third-order valence-electron chi connectivity index (χ3n) is 2.94. The summed E-state index contributed by atoms with van der Waals surface area (Å²) in [5.41, 5.74) is 0.820. The molecule has 0 radical (unpaired) electrons. The predicted molar refractivity (Wildman–Crippen MR) is 71.8 cm³/mol. The van der Waals surface area contributed by atoms with Crippen molar-refractivity contribution in [2.24, 2.45) is 0 Å². The fourth-order valence-electron chi connectivity index (χ4n) is 1.86. The molecule has 0 saturated carbocycles. The third kappa shape index (κ3) is 4.29. The fraction of sp³-hybridized carbons (Fsp3) is 0.267. The first-order valence-corrected chi connectivity index (χ1v) is 6.35. The molecule has 4 nitrogen and oxygen atoms in total. The van der Waals surface area contributed by atoms with Gasteiger partial charge in [0.2, 0.25) is 5.76 Å². The van der Waals surface area contributed by atoms with Gasteiger partial charge in [0.05, 0.1) is 6.54 Å². The van der Waals surface area contributed by atoms with Gasteiger partial charge in [-0.1, -0.05) is 12.1 Å². The van der Waals surface area contributed by atoms with E-state index >= 15 is 0 Å². The van der Waals surface area contributed by atoms with E-state index in [0.29, 0.717) is 12.3 Å². The van der Waals surface area contributed by atoms with Crippen molar-refractivity contribution in [1.82, 2.24) is 5.32 Å². The molecule has 1 aromatic heterocycles. The van der Waals surface area contributed by atoms with Gasteiger partial charge in [-0.25, -0.2) is 0 Å². The monoisotopic (exact) mass is 292 g/mol. The summed E-state index contributed by atoms with van der Waals surface area (Å²) in [7, 11) is 0. The SMILES string of the molecule is CC(NCc1ccc(C#N)o1)c1cccc(OC(F)F)c1. The highest BCUT2D eigenvalue weighted by atomic mass is 19.3. The lowest BCUT2D eigenvalue weighted by Crippen LogP contribution is -2.17. The van der Waals surface area contributed by atoms with Crippen LogP contribution in [0, 0.1) is 11.3 Å². The van der Waals surface area contributed by atoms with E-state index < -0.39 is 6.61 Å². The zero-order valence-electron chi connectivity index (χ0n) is 11.3. The van der Waals surface area contributed by atoms with Gasteiger partial charge in [-0.3, -0.25) is 0 Å². The van der Waals surface area contributed by atoms with Crippen molar-refractivity contribution >= 4 is 0 Å². The molecule has 0 saturated heterocycles. The largest absolute Gasteiger partial charge is 0.449 e. The number of nitriles is 1. The Hall–Kier alpha value is -2.39. The topological polar surface area (TPSA) is 58.2 Å². The average Bonchev–Trinajstić information content (AvgIpc) is 2.92. The van der Waals surface area contributed by atoms with Gasteiger partial charge in [-0.15, -0.1) is 0 Å². The number of nitrogens with one attached hydrogen (secondary N) is 1. The van der Waals surface area contributed by atoms with E-state index in [2.05, 4.69) is 10.1 Å². The van der Waals surface area contributed by atoms with E-state index in [4.69, 9.17) is 9.68 Å². The fourth-order valence-corrected chi connectivity index (χ4v) is 1.86. The van der Waals surface area contributed by atoms with Crippen molar-refractivity contribution in [3.8, 4) is 11.8 Å². The van der Waals surface area contributed by atoms with Crippen LogP contribution in [-0.4, -0.2) is 6.61 Å². The molecular formula is C15H14F2N2O2. The Labute approximate surface area is 120 Å². The zero-order chi connectivity index (χ0) is 15.2. The highest BCUT2D eigenvalue weighted by molar-refractivity contribution is 5.30. The molecule has 0 spiro atoms. The van der Waals surface area contributed by atoms with Gasteiger partial charge < -0.3 is 14.5 Å². The van der Waals surface area contributed by atoms with Crippen molar-refractivity contribution < 1.29 is 17.9 Å². The molecular weight excluding hydrogens is 278 g/mol. The minimum atomic E-state index is -2.84. The Morgan fingerprint density at radius 1 is 1.33 bits per heavy atom. The summed E-state index contributed by atoms with van der Waals surface area (Å²) in [6, 6.07) is 11.7. The lowest BCUT2D eigenvalue weighted by molar-refractivity contribution is -0.0499. The van der Waals surface area contributed by atoms with E-state index in [1.807, 2.05) is 19.1 Å². The van der Waals surface area contributed by atoms with Gasteiger partial charge in [0.1, 0.15) is 17.6 Å². The van der Waals surface area contributed by atoms with Crippen LogP contribution >= 0.6 is 0 Å². The number of halogens is 2. The Kier molecular flexibility index (Phi) is 4.90. The van der Waals surface area contributed by atoms with Crippen LogP contribution in [0.15, 0.2) is 40.8 Å². The minimum absolute atomic E-state index is 0.0816. The van der Waals surface area contributed by atoms with E-state index in [1.54, 1.807) is 24.3 Å². The summed E-state index contributed by atoms with van der Waals surface area (Å²) < 4.78 is 34.0. The summed E-state index contributed by atoms with van der Waals surface area (Å²) in [5, 5.41) is 11.9. The normalized spacial score (nSPS) is 12.1. The van der Waals surface area contributed by atoms with Crippen LogP contribution in [0.25, 0.3) is 0 Å². The number of benzene rings is 1. The Morgan fingerprint density at radius 2 is 2.14 bits per heavy atom. The number of ether oxygens (including phenoxy) is 1. The van der Waals surface area contributed by atoms with Crippen molar-refractivity contribution in [1.29, 1.82) is 5.26 Å². The molecule has 0 aliphatic rings. The molecule has 1 N–H and O–H groups in total. The van der Waals surface area contributed by atoms with Crippen molar-refractivity contribution in [2.45, 2.75) is 26.1 Å². The molecule has 1 atom stereocenters. The minimum Gasteiger partial charge on any atom is -0.449 e. The zero-order valence-corrected chi connectivity index (χ0v) is 11.3. The second kappa shape index (κ2) is 6.86. The van der Waals surface area contributed by atoms with E-state index in [-0.39, 0.29) is 17.6 Å². The maximum atomic E-state index is 12.2. The standard InChI is InChI=1S/C15H14F2N2O2/c1-10(19-9-14-6-5-13(8-18)20-14)11-3-2-4-12(7-11)21-15(16)17/h2-7,10,15,19H,9H2,1H3. The van der Waals surface area contributed by atoms with Crippen LogP contribution in [0.4, 0.5) is 8.78 Å². The first-order chi connectivity index (χ1) is 10.1. The Morgan fingerprint density at radius 3 is 2.81 bits per heavy atom. The van der Waals surface area contributed by atoms with Crippen LogP contribution in [-0.2, 0) is 6.54 Å². The quantitative estimate of drug-likeness (QED) is 0.883. The molecule has 0 bridgehead atoms. The number of furan rings is 1. The number of rotatable bonds is 6. The summed E-state index contributed by atoms with van der Waals surface area (Å²) in [4.78, 5) is 0. The number of hydrogen-bond donors (Lipinski definition) is 1. The van der Waals surface area contributed by atoms with Gasteiger partial charge in [0, 0.05) is 6.04 Å². The van der Waals surface area contributed by atoms with Crippen LogP contribution in [0.1, 0.15) is 30.0 Å². The highest BCUT2D eigenvalue weighted by Crippen LogP contribution is 2.21. The molecule has 6 heteroatoms. The van der Waals surface area contributed by atoms with Crippen LogP contribution < -0.4 is 10.1 Å². The predicted octanol–water partition coefficient (Wildman–Crippen LogP) is 3.60. The number of nitrogens with zero attached hydrogens (tertiary/aromatic N) is 1. The third-order valence-corrected chi connectivity index (χ3v) is 2.94. The van der Waals surface area contributed by atoms with E-state index in [9.17, 15) is 8.78 Å². The van der Waals surface area contributed by atoms with Gasteiger partial charge >= 0.3 is 6.61 Å². The highest BCUT2D eigenvalue weighted by Gasteiger charge is 2.10. The lowest BCUT2D eigenvalue weighted by Gasteiger charge is -2.14. The van der Waals surface area contributed by atoms with Gasteiger partial charge in [-0.2, -0.15) is 14.0 Å². The Bertz CT molecular complexity index is 635. The molecule has 2 rings (SSSR count). The van der Waals surface area contributed by atoms with Crippen LogP contribution in [0.5, 0.6) is 5.75 Å². The molecule has 110 valence electrons. The molecule has 21 heavy (non-hydrogen) atoms. The summed E-state index contributed by atoms with van der Waals surface area (Å²) in [6.45, 7) is -0.505. The molecule has 1 aromatic carbocycles. The molecule has 2 aromatic rings.